The summed E-state index contributed by atoms with van der Waals surface area (Å²) >= 11 is 5.57. The van der Waals surface area contributed by atoms with Gasteiger partial charge in [-0.1, -0.05) is 25.1 Å². The molecular weight excluding hydrogens is 375 g/mol. The fourth-order valence-corrected chi connectivity index (χ4v) is 2.23. The zero-order chi connectivity index (χ0) is 19.8. The predicted octanol–water partition coefficient (Wildman–Crippen LogP) is 3.46. The maximum absolute atomic E-state index is 13.3. The van der Waals surface area contributed by atoms with Crippen molar-refractivity contribution in [2.75, 3.05) is 13.2 Å². The van der Waals surface area contributed by atoms with E-state index in [1.165, 1.54) is 12.1 Å². The number of halogens is 2. The summed E-state index contributed by atoms with van der Waals surface area (Å²) in [7, 11) is 0. The van der Waals surface area contributed by atoms with E-state index in [0.29, 0.717) is 18.5 Å². The number of carbonyl (C=O) groups excluding carboxylic acids is 2. The summed E-state index contributed by atoms with van der Waals surface area (Å²) in [5.41, 5.74) is 0.417. The number of hydrogen-bond donors (Lipinski definition) is 2. The number of furan rings is 1. The van der Waals surface area contributed by atoms with Gasteiger partial charge in [0.2, 0.25) is 0 Å². The van der Waals surface area contributed by atoms with Crippen molar-refractivity contribution in [3.05, 3.63) is 65.0 Å². The highest BCUT2D eigenvalue weighted by Gasteiger charge is 2.11. The van der Waals surface area contributed by atoms with Crippen LogP contribution in [0.25, 0.3) is 0 Å². The van der Waals surface area contributed by atoms with Crippen LogP contribution in [0.3, 0.4) is 0 Å². The Balaban J connectivity index is 1.67. The van der Waals surface area contributed by atoms with Gasteiger partial charge in [-0.15, -0.1) is 0 Å². The number of amides is 2. The fourth-order valence-electron chi connectivity index (χ4n) is 2.12. The Bertz CT molecular complexity index is 835. The van der Waals surface area contributed by atoms with Crippen molar-refractivity contribution in [1.29, 1.82) is 0 Å². The summed E-state index contributed by atoms with van der Waals surface area (Å²) in [6.45, 7) is 5.63. The minimum absolute atomic E-state index is 0.0253. The summed E-state index contributed by atoms with van der Waals surface area (Å²) in [6.07, 6.45) is 1.05. The number of rotatable bonds is 9. The van der Waals surface area contributed by atoms with Crippen LogP contribution in [0.5, 0.6) is 5.75 Å². The van der Waals surface area contributed by atoms with Crippen LogP contribution in [-0.2, 0) is 11.2 Å². The van der Waals surface area contributed by atoms with Crippen molar-refractivity contribution in [1.82, 2.24) is 10.6 Å². The molecule has 6 nitrogen and oxygen atoms in total. The Morgan fingerprint density at radius 1 is 1.30 bits per heavy atom. The van der Waals surface area contributed by atoms with E-state index in [-0.39, 0.29) is 35.6 Å². The lowest BCUT2D eigenvalue weighted by molar-refractivity contribution is -0.122. The fraction of sp³-hybridized carbons (Fsp3) is 0.263. The molecule has 1 aromatic heterocycles. The van der Waals surface area contributed by atoms with Gasteiger partial charge in [0.05, 0.1) is 5.02 Å². The van der Waals surface area contributed by atoms with Crippen molar-refractivity contribution in [2.24, 2.45) is 0 Å². The van der Waals surface area contributed by atoms with Crippen LogP contribution in [0, 0.1) is 5.82 Å². The first kappa shape index (κ1) is 20.5. The first-order chi connectivity index (χ1) is 12.9. The summed E-state index contributed by atoms with van der Waals surface area (Å²) in [5.74, 6) is -0.239. The van der Waals surface area contributed by atoms with Gasteiger partial charge in [-0.2, -0.15) is 0 Å². The maximum Gasteiger partial charge on any atom is 0.287 e. The first-order valence-corrected chi connectivity index (χ1v) is 8.69. The smallest absolute Gasteiger partial charge is 0.287 e. The molecule has 0 saturated heterocycles. The standard InChI is InChI=1S/C19H20ClFN2O4/c1-3-13-5-7-17(27-13)19(25)22-9-8-12(2)23-18(24)11-26-14-4-6-15(20)16(21)10-14/h4-7,10H,2-3,8-9,11H2,1H3,(H,22,25)(H,23,24). The minimum atomic E-state index is -0.627. The van der Waals surface area contributed by atoms with Crippen molar-refractivity contribution in [2.45, 2.75) is 19.8 Å². The third-order valence-corrected chi connectivity index (χ3v) is 3.83. The lowest BCUT2D eigenvalue weighted by atomic mass is 10.3. The molecule has 0 aliphatic heterocycles. The first-order valence-electron chi connectivity index (χ1n) is 8.31. The topological polar surface area (TPSA) is 80.6 Å². The molecule has 27 heavy (non-hydrogen) atoms. The van der Waals surface area contributed by atoms with E-state index in [1.54, 1.807) is 12.1 Å². The largest absolute Gasteiger partial charge is 0.484 e. The molecule has 0 fully saturated rings. The highest BCUT2D eigenvalue weighted by Crippen LogP contribution is 2.20. The summed E-state index contributed by atoms with van der Waals surface area (Å²) < 4.78 is 23.8. The molecule has 2 amide bonds. The van der Waals surface area contributed by atoms with E-state index < -0.39 is 11.7 Å². The van der Waals surface area contributed by atoms with E-state index in [1.807, 2.05) is 6.92 Å². The Hall–Kier alpha value is -2.80. The van der Waals surface area contributed by atoms with Crippen LogP contribution in [0.15, 0.2) is 47.0 Å². The van der Waals surface area contributed by atoms with E-state index in [0.717, 1.165) is 11.8 Å². The average Bonchev–Trinajstić information content (AvgIpc) is 3.12. The second-order valence-corrected chi connectivity index (χ2v) is 6.05. The zero-order valence-corrected chi connectivity index (χ0v) is 15.6. The Morgan fingerprint density at radius 2 is 2.07 bits per heavy atom. The third-order valence-electron chi connectivity index (χ3n) is 3.52. The summed E-state index contributed by atoms with van der Waals surface area (Å²) in [6, 6.07) is 7.26. The van der Waals surface area contributed by atoms with Crippen molar-refractivity contribution in [3.8, 4) is 5.75 Å². The molecule has 2 N–H and O–H groups in total. The maximum atomic E-state index is 13.3. The van der Waals surface area contributed by atoms with Gasteiger partial charge < -0.3 is 19.8 Å². The van der Waals surface area contributed by atoms with Gasteiger partial charge in [-0.05, 0) is 24.3 Å². The lowest BCUT2D eigenvalue weighted by Gasteiger charge is -2.10. The lowest BCUT2D eigenvalue weighted by Crippen LogP contribution is -2.30. The van der Waals surface area contributed by atoms with Gasteiger partial charge >= 0.3 is 0 Å². The molecule has 0 bridgehead atoms. The molecule has 0 radical (unpaired) electrons. The van der Waals surface area contributed by atoms with Gasteiger partial charge in [0.1, 0.15) is 17.3 Å². The SMILES string of the molecule is C=C(CCNC(=O)c1ccc(CC)o1)NC(=O)COc1ccc(Cl)c(F)c1. The molecule has 8 heteroatoms. The van der Waals surface area contributed by atoms with Crippen LogP contribution >= 0.6 is 11.6 Å². The molecule has 0 atom stereocenters. The number of aryl methyl sites for hydroxylation is 1. The quantitative estimate of drug-likeness (QED) is 0.682. The van der Waals surface area contributed by atoms with Crippen LogP contribution < -0.4 is 15.4 Å². The molecule has 0 unspecified atom stereocenters. The van der Waals surface area contributed by atoms with Crippen LogP contribution in [0.2, 0.25) is 5.02 Å². The van der Waals surface area contributed by atoms with E-state index in [4.69, 9.17) is 20.8 Å². The number of benzene rings is 1. The molecule has 0 spiro atoms. The molecule has 0 aliphatic carbocycles. The minimum Gasteiger partial charge on any atom is -0.484 e. The second kappa shape index (κ2) is 9.78. The van der Waals surface area contributed by atoms with Crippen LogP contribution in [0.4, 0.5) is 4.39 Å². The van der Waals surface area contributed by atoms with Crippen LogP contribution in [-0.4, -0.2) is 25.0 Å². The number of ether oxygens (including phenoxy) is 1. The highest BCUT2D eigenvalue weighted by atomic mass is 35.5. The highest BCUT2D eigenvalue weighted by molar-refractivity contribution is 6.30. The van der Waals surface area contributed by atoms with E-state index in [2.05, 4.69) is 17.2 Å². The predicted molar refractivity (Wildman–Crippen MR) is 99.2 cm³/mol. The third kappa shape index (κ3) is 6.45. The molecule has 2 aromatic rings. The van der Waals surface area contributed by atoms with Gasteiger partial charge in [-0.3, -0.25) is 9.59 Å². The Labute approximate surface area is 161 Å². The number of hydrogen-bond acceptors (Lipinski definition) is 4. The van der Waals surface area contributed by atoms with Gasteiger partial charge in [-0.25, -0.2) is 4.39 Å². The summed E-state index contributed by atoms with van der Waals surface area (Å²) in [5, 5.41) is 5.20. The van der Waals surface area contributed by atoms with Crippen molar-refractivity contribution >= 4 is 23.4 Å². The van der Waals surface area contributed by atoms with Gasteiger partial charge in [0.15, 0.2) is 12.4 Å². The van der Waals surface area contributed by atoms with Crippen molar-refractivity contribution < 1.29 is 23.1 Å². The van der Waals surface area contributed by atoms with Gasteiger partial charge in [0, 0.05) is 31.1 Å². The normalized spacial score (nSPS) is 10.3. The van der Waals surface area contributed by atoms with Crippen molar-refractivity contribution in [3.63, 3.8) is 0 Å². The molecule has 1 heterocycles. The molecule has 0 saturated carbocycles. The monoisotopic (exact) mass is 394 g/mol. The van der Waals surface area contributed by atoms with Crippen LogP contribution in [0.1, 0.15) is 29.7 Å². The zero-order valence-electron chi connectivity index (χ0n) is 14.8. The van der Waals surface area contributed by atoms with E-state index in [9.17, 15) is 14.0 Å². The van der Waals surface area contributed by atoms with E-state index >= 15 is 0 Å². The Kier molecular flexibility index (Phi) is 7.43. The molecule has 144 valence electrons. The molecule has 1 aromatic carbocycles. The number of carbonyl (C=O) groups is 2. The molecule has 2 rings (SSSR count). The average molecular weight is 395 g/mol. The molecular formula is C19H20ClFN2O4. The Morgan fingerprint density at radius 3 is 2.74 bits per heavy atom. The molecule has 0 aliphatic rings. The second-order valence-electron chi connectivity index (χ2n) is 5.64. The number of nitrogens with one attached hydrogen (secondary N) is 2. The van der Waals surface area contributed by atoms with Gasteiger partial charge in [0.25, 0.3) is 11.8 Å². The summed E-state index contributed by atoms with van der Waals surface area (Å²) in [4.78, 5) is 23.7.